The first-order valence-corrected chi connectivity index (χ1v) is 29.7. The van der Waals surface area contributed by atoms with Gasteiger partial charge in [0.05, 0.1) is 20.1 Å². The molecular formula is C57H76AlBF15NO. The second kappa shape index (κ2) is 34.3. The second-order valence-corrected chi connectivity index (χ2v) is 23.3. The minimum atomic E-state index is -5.90. The molecule has 19 heteroatoms. The number of rotatable bonds is 34. The number of nitrogens with one attached hydrogen (secondary N) is 1. The molecule has 0 fully saturated rings. The van der Waals surface area contributed by atoms with Gasteiger partial charge in [0.25, 0.3) is 0 Å². The Hall–Kier alpha value is -3.81. The second-order valence-electron chi connectivity index (χ2n) is 20.1. The summed E-state index contributed by atoms with van der Waals surface area (Å²) in [5.74, 6) is -46.7. The fourth-order valence-electron chi connectivity index (χ4n) is 10.1. The Morgan fingerprint density at radius 1 is 0.342 bits per heavy atom. The fraction of sp³-hybridized carbons (Fsp3) is 0.579. The molecule has 0 aliphatic carbocycles. The smallest absolute Gasteiger partial charge is 0.546 e. The summed E-state index contributed by atoms with van der Waals surface area (Å²) in [6, 6.07) is 2.94. The van der Waals surface area contributed by atoms with Crippen LogP contribution in [-0.4, -0.2) is 40.8 Å². The first-order valence-electron chi connectivity index (χ1n) is 27.6. The summed E-state index contributed by atoms with van der Waals surface area (Å²) in [4.78, 5) is 1.77. The normalized spacial score (nSPS) is 11.7. The van der Waals surface area contributed by atoms with Crippen LogP contribution in [0.5, 0.6) is 5.75 Å². The predicted molar refractivity (Wildman–Crippen MR) is 276 cm³/mol. The van der Waals surface area contributed by atoms with Gasteiger partial charge in [0.2, 0.25) is 0 Å². The quantitative estimate of drug-likeness (QED) is 0.0162. The fourth-order valence-corrected chi connectivity index (χ4v) is 11.6. The van der Waals surface area contributed by atoms with Crippen molar-refractivity contribution < 1.29 is 74.5 Å². The number of halogens is 15. The lowest BCUT2D eigenvalue weighted by Crippen LogP contribution is -3.09. The lowest BCUT2D eigenvalue weighted by atomic mass is 9.12. The molecule has 0 spiro atoms. The van der Waals surface area contributed by atoms with Gasteiger partial charge in [-0.05, 0) is 31.7 Å². The van der Waals surface area contributed by atoms with Crippen molar-refractivity contribution in [1.82, 2.24) is 0 Å². The molecule has 4 aromatic carbocycles. The highest BCUT2D eigenvalue weighted by molar-refractivity contribution is 7.20. The third-order valence-corrected chi connectivity index (χ3v) is 16.9. The molecular weight excluding hydrogens is 1040 g/mol. The van der Waals surface area contributed by atoms with Crippen LogP contribution >= 0.6 is 0 Å². The van der Waals surface area contributed by atoms with E-state index in [1.165, 1.54) is 181 Å². The van der Waals surface area contributed by atoms with E-state index < -0.39 is 135 Å². The third-order valence-electron chi connectivity index (χ3n) is 14.5. The maximum absolute atomic E-state index is 15.8. The SMILES string of the molecule is CCCCCCCCCCCCCC[NH+](C)CCCCCCCCCCCCCC.C[CH2][Al]([CH2]C)[O]c1ccccc1[B-](c1c(F)c(F)c(F)c(F)c1F)(c1c(F)c(F)c(F)c(F)c1F)c1c(F)c(F)c(F)c(F)c1F. The minimum absolute atomic E-state index is 0.165. The Bertz CT molecular complexity index is 2120. The van der Waals surface area contributed by atoms with Crippen molar-refractivity contribution in [2.45, 2.75) is 192 Å². The van der Waals surface area contributed by atoms with E-state index in [0.717, 1.165) is 18.2 Å². The highest BCUT2D eigenvalue weighted by atomic mass is 27.2. The van der Waals surface area contributed by atoms with Crippen LogP contribution in [-0.2, 0) is 0 Å². The molecule has 1 N–H and O–H groups in total. The summed E-state index contributed by atoms with van der Waals surface area (Å²) < 4.78 is 232. The number of hydrogen-bond acceptors (Lipinski definition) is 1. The van der Waals surface area contributed by atoms with Gasteiger partial charge in [0.1, 0.15) is 41.0 Å². The summed E-state index contributed by atoms with van der Waals surface area (Å²) >= 11 is -2.63. The molecule has 0 radical (unpaired) electrons. The molecule has 0 heterocycles. The Balaban J connectivity index is 0.000000441. The zero-order valence-corrected chi connectivity index (χ0v) is 46.0. The molecule has 0 saturated heterocycles. The van der Waals surface area contributed by atoms with Crippen LogP contribution in [0.15, 0.2) is 24.3 Å². The molecule has 0 aliphatic heterocycles. The molecule has 0 aliphatic rings. The van der Waals surface area contributed by atoms with Crippen molar-refractivity contribution >= 4 is 42.5 Å². The van der Waals surface area contributed by atoms with Gasteiger partial charge >= 0.3 is 14.5 Å². The molecule has 0 saturated carbocycles. The maximum atomic E-state index is 15.8. The molecule has 76 heavy (non-hydrogen) atoms. The van der Waals surface area contributed by atoms with Crippen LogP contribution in [0, 0.1) is 87.3 Å². The van der Waals surface area contributed by atoms with Gasteiger partial charge in [0.15, 0.2) is 52.4 Å². The van der Waals surface area contributed by atoms with Crippen molar-refractivity contribution in [3.63, 3.8) is 0 Å². The van der Waals surface area contributed by atoms with E-state index in [4.69, 9.17) is 3.79 Å². The number of unbranched alkanes of at least 4 members (excludes halogenated alkanes) is 22. The van der Waals surface area contributed by atoms with Crippen molar-refractivity contribution in [3.05, 3.63) is 112 Å². The Kier molecular flexibility index (Phi) is 30.0. The van der Waals surface area contributed by atoms with Gasteiger partial charge in [-0.25, -0.2) is 65.9 Å². The van der Waals surface area contributed by atoms with Crippen LogP contribution < -0.4 is 30.5 Å². The van der Waals surface area contributed by atoms with E-state index in [1.807, 2.05) is 0 Å². The average Bonchev–Trinajstić information content (AvgIpc) is 3.46. The number of benzene rings is 4. The number of hydrogen-bond donors (Lipinski definition) is 1. The molecule has 0 amide bonds. The van der Waals surface area contributed by atoms with Gasteiger partial charge < -0.3 is 8.69 Å². The molecule has 4 rings (SSSR count). The van der Waals surface area contributed by atoms with Crippen molar-refractivity contribution in [2.75, 3.05) is 20.1 Å². The zero-order chi connectivity index (χ0) is 56.5. The highest BCUT2D eigenvalue weighted by Gasteiger charge is 2.50. The minimum Gasteiger partial charge on any atom is -0.645 e. The average molecular weight is 1110 g/mol. The number of para-hydroxylation sites is 1. The van der Waals surface area contributed by atoms with E-state index in [-0.39, 0.29) is 10.6 Å². The van der Waals surface area contributed by atoms with Crippen molar-refractivity contribution in [2.24, 2.45) is 0 Å². The summed E-state index contributed by atoms with van der Waals surface area (Å²) in [6.45, 7) is 10.5. The van der Waals surface area contributed by atoms with Gasteiger partial charge in [-0.2, -0.15) is 5.46 Å². The predicted octanol–water partition coefficient (Wildman–Crippen LogP) is 15.5. The Labute approximate surface area is 445 Å². The highest BCUT2D eigenvalue weighted by Crippen LogP contribution is 2.30. The Morgan fingerprint density at radius 3 is 0.842 bits per heavy atom. The van der Waals surface area contributed by atoms with Gasteiger partial charge in [0, 0.05) is 5.75 Å². The topological polar surface area (TPSA) is 13.7 Å². The summed E-state index contributed by atoms with van der Waals surface area (Å²) in [5, 5.41) is 0.330. The summed E-state index contributed by atoms with van der Waals surface area (Å²) in [6.07, 6.45) is 29.2. The van der Waals surface area contributed by atoms with E-state index >= 15 is 26.3 Å². The van der Waals surface area contributed by atoms with Gasteiger partial charge in [-0.15, -0.1) is 16.4 Å². The van der Waals surface area contributed by atoms with E-state index in [0.29, 0.717) is 6.07 Å². The van der Waals surface area contributed by atoms with E-state index in [2.05, 4.69) is 20.9 Å². The lowest BCUT2D eigenvalue weighted by molar-refractivity contribution is -0.880. The zero-order valence-electron chi connectivity index (χ0n) is 44.8. The van der Waals surface area contributed by atoms with Crippen molar-refractivity contribution in [3.8, 4) is 5.75 Å². The summed E-state index contributed by atoms with van der Waals surface area (Å²) in [5.41, 5.74) is -9.57. The van der Waals surface area contributed by atoms with Crippen LogP contribution in [0.25, 0.3) is 0 Å². The van der Waals surface area contributed by atoms with Crippen LogP contribution in [0.2, 0.25) is 10.6 Å². The van der Waals surface area contributed by atoms with Crippen LogP contribution in [0.3, 0.4) is 0 Å². The van der Waals surface area contributed by atoms with Gasteiger partial charge in [-0.3, -0.25) is 0 Å². The molecule has 0 unspecified atom stereocenters. The first-order chi connectivity index (χ1) is 36.3. The van der Waals surface area contributed by atoms with Gasteiger partial charge in [-0.1, -0.05) is 185 Å². The molecule has 2 nitrogen and oxygen atoms in total. The first kappa shape index (κ1) is 66.5. The largest absolute Gasteiger partial charge is 0.645 e. The molecule has 0 aromatic heterocycles. The number of quaternary nitrogens is 1. The van der Waals surface area contributed by atoms with E-state index in [1.54, 1.807) is 4.90 Å². The van der Waals surface area contributed by atoms with Crippen LogP contribution in [0.1, 0.15) is 182 Å². The molecule has 4 aromatic rings. The third kappa shape index (κ3) is 17.3. The summed E-state index contributed by atoms with van der Waals surface area (Å²) in [7, 11) is 2.41. The maximum Gasteiger partial charge on any atom is 0.546 e. The molecule has 0 atom stereocenters. The molecule has 0 bridgehead atoms. The van der Waals surface area contributed by atoms with Crippen molar-refractivity contribution in [1.29, 1.82) is 0 Å². The van der Waals surface area contributed by atoms with E-state index in [9.17, 15) is 39.5 Å². The Morgan fingerprint density at radius 2 is 0.579 bits per heavy atom. The standard InChI is InChI=1S/C29H61N.C24H5BF15O.2C2H5.Al/c1-4-6-8-10-12-14-16-18-20-22-24-26-28-30(3)29-27-25-23-21-19-17-15-13-11-9-7-5-2;26-10-7(11(27)17(33)22(38)16(10)32)25(5-3-1-2-4-6(5)41,8-12(28)18(34)23(39)19(35)13(8)29)9-14(30)20(36)24(40)21(37)15(9)31;2*1-2;/h4-29H2,1-3H3;1-4,41H;2*1H2,2H3;/q;-1;;;+1. The monoisotopic (exact) mass is 1110 g/mol. The lowest BCUT2D eigenvalue weighted by Gasteiger charge is -2.45. The molecule has 426 valence electrons. The van der Waals surface area contributed by atoms with Crippen LogP contribution in [0.4, 0.5) is 65.9 Å².